The van der Waals surface area contributed by atoms with Crippen LogP contribution in [0, 0.1) is 5.92 Å². The third-order valence-corrected chi connectivity index (χ3v) is 3.67. The van der Waals surface area contributed by atoms with Crippen LogP contribution in [0.15, 0.2) is 30.3 Å². The third-order valence-electron chi connectivity index (χ3n) is 3.67. The van der Waals surface area contributed by atoms with Gasteiger partial charge in [-0.25, -0.2) is 4.79 Å². The summed E-state index contributed by atoms with van der Waals surface area (Å²) in [5.74, 6) is -0.458. The van der Waals surface area contributed by atoms with E-state index in [4.69, 9.17) is 5.11 Å². The van der Waals surface area contributed by atoms with E-state index in [0.717, 1.165) is 24.1 Å². The van der Waals surface area contributed by atoms with Crippen LogP contribution < -0.4 is 5.32 Å². The molecular weight excluding hydrogens is 226 g/mol. The number of carboxylic acid groups (broad SMARTS) is 1. The molecule has 3 heteroatoms. The molecule has 1 aromatic rings. The number of hydrogen-bond donors (Lipinski definition) is 2. The summed E-state index contributed by atoms with van der Waals surface area (Å²) in [4.78, 5) is 11.0. The predicted molar refractivity (Wildman–Crippen MR) is 72.1 cm³/mol. The molecule has 0 aliphatic carbocycles. The summed E-state index contributed by atoms with van der Waals surface area (Å²) in [7, 11) is 0. The van der Waals surface area contributed by atoms with Gasteiger partial charge < -0.3 is 10.4 Å². The minimum Gasteiger partial charge on any atom is -0.478 e. The van der Waals surface area contributed by atoms with Crippen LogP contribution in [0.4, 0.5) is 0 Å². The number of hydrogen-bond acceptors (Lipinski definition) is 2. The molecule has 0 radical (unpaired) electrons. The van der Waals surface area contributed by atoms with Gasteiger partial charge in [-0.1, -0.05) is 44.5 Å². The average Bonchev–Trinajstić information content (AvgIpc) is 2.37. The Labute approximate surface area is 108 Å². The van der Waals surface area contributed by atoms with Gasteiger partial charge in [-0.2, -0.15) is 0 Å². The van der Waals surface area contributed by atoms with Gasteiger partial charge in [0.1, 0.15) is 0 Å². The normalized spacial score (nSPS) is 22.6. The van der Waals surface area contributed by atoms with Crippen LogP contribution in [-0.4, -0.2) is 17.1 Å². The lowest BCUT2D eigenvalue weighted by atomic mass is 9.83. The zero-order chi connectivity index (χ0) is 13.1. The summed E-state index contributed by atoms with van der Waals surface area (Å²) in [6.45, 7) is 5.09. The molecule has 3 nitrogen and oxygen atoms in total. The lowest BCUT2D eigenvalue weighted by Gasteiger charge is -2.32. The monoisotopic (exact) mass is 245 g/mol. The smallest absolute Gasteiger partial charge is 0.328 e. The van der Waals surface area contributed by atoms with Crippen LogP contribution in [0.3, 0.4) is 0 Å². The average molecular weight is 245 g/mol. The van der Waals surface area contributed by atoms with Crippen molar-refractivity contribution in [3.05, 3.63) is 41.5 Å². The zero-order valence-electron chi connectivity index (χ0n) is 10.8. The summed E-state index contributed by atoms with van der Waals surface area (Å²) < 4.78 is 0. The Bertz CT molecular complexity index is 479. The van der Waals surface area contributed by atoms with Gasteiger partial charge in [0.05, 0.1) is 0 Å². The van der Waals surface area contributed by atoms with Crippen LogP contribution in [0.25, 0.3) is 5.57 Å². The quantitative estimate of drug-likeness (QED) is 0.805. The first-order chi connectivity index (χ1) is 8.63. The number of aliphatic carboxylic acids is 1. The van der Waals surface area contributed by atoms with E-state index in [2.05, 4.69) is 19.2 Å². The fraction of sp³-hybridized carbons (Fsp3) is 0.400. The molecule has 2 N–H and O–H groups in total. The third kappa shape index (κ3) is 2.46. The summed E-state index contributed by atoms with van der Waals surface area (Å²) >= 11 is 0. The second kappa shape index (κ2) is 5.36. The highest BCUT2D eigenvalue weighted by Gasteiger charge is 2.27. The van der Waals surface area contributed by atoms with Crippen LogP contribution >= 0.6 is 0 Å². The summed E-state index contributed by atoms with van der Waals surface area (Å²) in [6.07, 6.45) is 2.37. The highest BCUT2D eigenvalue weighted by Crippen LogP contribution is 2.31. The highest BCUT2D eigenvalue weighted by atomic mass is 16.4. The van der Waals surface area contributed by atoms with Crippen molar-refractivity contribution in [3.8, 4) is 0 Å². The van der Waals surface area contributed by atoms with Gasteiger partial charge in [0.2, 0.25) is 0 Å². The molecule has 2 unspecified atom stereocenters. The van der Waals surface area contributed by atoms with Gasteiger partial charge in [-0.15, -0.1) is 0 Å². The van der Waals surface area contributed by atoms with Gasteiger partial charge in [0.25, 0.3) is 0 Å². The fourth-order valence-corrected chi connectivity index (χ4v) is 2.50. The molecule has 0 saturated heterocycles. The van der Waals surface area contributed by atoms with E-state index in [1.807, 2.05) is 24.3 Å². The number of carbonyl (C=O) groups is 1. The number of benzene rings is 1. The molecule has 0 fully saturated rings. The molecule has 1 aromatic carbocycles. The first-order valence-corrected chi connectivity index (χ1v) is 6.39. The minimum atomic E-state index is -0.878. The van der Waals surface area contributed by atoms with Gasteiger partial charge in [-0.3, -0.25) is 0 Å². The second-order valence-electron chi connectivity index (χ2n) is 4.84. The van der Waals surface area contributed by atoms with Gasteiger partial charge in [-0.05, 0) is 22.6 Å². The topological polar surface area (TPSA) is 49.3 Å². The Morgan fingerprint density at radius 2 is 2.28 bits per heavy atom. The Morgan fingerprint density at radius 1 is 1.56 bits per heavy atom. The van der Waals surface area contributed by atoms with Crippen molar-refractivity contribution < 1.29 is 9.90 Å². The number of nitrogens with one attached hydrogen (secondary N) is 1. The molecule has 0 saturated carbocycles. The molecule has 2 atom stereocenters. The molecule has 18 heavy (non-hydrogen) atoms. The van der Waals surface area contributed by atoms with Gasteiger partial charge >= 0.3 is 5.97 Å². The Balaban J connectivity index is 2.46. The van der Waals surface area contributed by atoms with Crippen LogP contribution in [0.5, 0.6) is 0 Å². The number of rotatable bonds is 3. The number of carboxylic acids is 1. The van der Waals surface area contributed by atoms with E-state index in [1.54, 1.807) is 0 Å². The standard InChI is InChI=1S/C15H19NO2/c1-3-10(2)15-13(8-14(17)18)12-7-5-4-6-11(12)9-16-15/h4-8,10,15-16H,3,9H2,1-2H3,(H,17,18). The molecule has 1 aliphatic heterocycles. The first-order valence-electron chi connectivity index (χ1n) is 6.39. The maximum Gasteiger partial charge on any atom is 0.328 e. The Kier molecular flexibility index (Phi) is 3.82. The highest BCUT2D eigenvalue weighted by molar-refractivity contribution is 5.92. The SMILES string of the molecule is CCC(C)C1NCc2ccccc2C1=CC(=O)O. The molecule has 1 heterocycles. The van der Waals surface area contributed by atoms with Crippen molar-refractivity contribution in [1.29, 1.82) is 0 Å². The van der Waals surface area contributed by atoms with E-state index < -0.39 is 5.97 Å². The van der Waals surface area contributed by atoms with Crippen molar-refractivity contribution in [2.24, 2.45) is 5.92 Å². The fourth-order valence-electron chi connectivity index (χ4n) is 2.50. The molecule has 0 aromatic heterocycles. The molecular formula is C15H19NO2. The summed E-state index contributed by atoms with van der Waals surface area (Å²) in [6, 6.07) is 8.14. The van der Waals surface area contributed by atoms with E-state index in [9.17, 15) is 4.79 Å². The second-order valence-corrected chi connectivity index (χ2v) is 4.84. The van der Waals surface area contributed by atoms with E-state index in [0.29, 0.717) is 5.92 Å². The van der Waals surface area contributed by atoms with Crippen molar-refractivity contribution >= 4 is 11.5 Å². The van der Waals surface area contributed by atoms with Crippen LogP contribution in [0.1, 0.15) is 31.4 Å². The molecule has 0 spiro atoms. The van der Waals surface area contributed by atoms with Crippen molar-refractivity contribution in [2.45, 2.75) is 32.9 Å². The van der Waals surface area contributed by atoms with E-state index in [-0.39, 0.29) is 6.04 Å². The largest absolute Gasteiger partial charge is 0.478 e. The first kappa shape index (κ1) is 12.8. The van der Waals surface area contributed by atoms with Crippen LogP contribution in [0.2, 0.25) is 0 Å². The summed E-state index contributed by atoms with van der Waals surface area (Å²) in [5, 5.41) is 12.5. The number of fused-ring (bicyclic) bond motifs is 1. The molecule has 1 aliphatic rings. The maximum atomic E-state index is 11.0. The Morgan fingerprint density at radius 3 is 2.94 bits per heavy atom. The molecule has 0 amide bonds. The maximum absolute atomic E-state index is 11.0. The van der Waals surface area contributed by atoms with Gasteiger partial charge in [0, 0.05) is 18.7 Å². The molecule has 2 rings (SSSR count). The lowest BCUT2D eigenvalue weighted by molar-refractivity contribution is -0.131. The molecule has 0 bridgehead atoms. The molecule has 96 valence electrons. The van der Waals surface area contributed by atoms with Crippen molar-refractivity contribution in [1.82, 2.24) is 5.32 Å². The van der Waals surface area contributed by atoms with Crippen molar-refractivity contribution in [2.75, 3.05) is 0 Å². The van der Waals surface area contributed by atoms with Crippen molar-refractivity contribution in [3.63, 3.8) is 0 Å². The van der Waals surface area contributed by atoms with E-state index >= 15 is 0 Å². The predicted octanol–water partition coefficient (Wildman–Crippen LogP) is 2.67. The lowest BCUT2D eigenvalue weighted by Crippen LogP contribution is -2.39. The summed E-state index contributed by atoms with van der Waals surface area (Å²) in [5.41, 5.74) is 3.15. The zero-order valence-corrected chi connectivity index (χ0v) is 10.8. The van der Waals surface area contributed by atoms with Crippen LogP contribution in [-0.2, 0) is 11.3 Å². The Hall–Kier alpha value is -1.61. The van der Waals surface area contributed by atoms with Gasteiger partial charge in [0.15, 0.2) is 0 Å². The van der Waals surface area contributed by atoms with E-state index in [1.165, 1.54) is 11.6 Å². The minimum absolute atomic E-state index is 0.126.